The van der Waals surface area contributed by atoms with Crippen molar-refractivity contribution in [3.63, 3.8) is 0 Å². The molecule has 12 heavy (non-hydrogen) atoms. The number of nitrogens with two attached hydrogens (primary N) is 2. The summed E-state index contributed by atoms with van der Waals surface area (Å²) in [5.74, 6) is 4.36. The van der Waals surface area contributed by atoms with Gasteiger partial charge in [-0.3, -0.25) is 4.79 Å². The first-order chi connectivity index (χ1) is 5.42. The molecule has 1 heterocycles. The van der Waals surface area contributed by atoms with Crippen molar-refractivity contribution in [1.82, 2.24) is 5.01 Å². The standard InChI is InChI=1S/C7H11N3O2/c1-7(8)3-2-5(11)10(9)6(12)4-7/h2-4,12H,8-9H2,1H3. The molecule has 66 valence electrons. The zero-order valence-electron chi connectivity index (χ0n) is 6.69. The van der Waals surface area contributed by atoms with Gasteiger partial charge in [-0.2, -0.15) is 0 Å². The molecule has 5 heteroatoms. The molecular weight excluding hydrogens is 158 g/mol. The van der Waals surface area contributed by atoms with E-state index in [0.29, 0.717) is 5.01 Å². The van der Waals surface area contributed by atoms with Crippen molar-refractivity contribution in [2.75, 3.05) is 0 Å². The molecule has 0 radical (unpaired) electrons. The van der Waals surface area contributed by atoms with Gasteiger partial charge >= 0.3 is 0 Å². The lowest BCUT2D eigenvalue weighted by molar-refractivity contribution is -0.126. The Morgan fingerprint density at radius 1 is 1.67 bits per heavy atom. The van der Waals surface area contributed by atoms with Crippen LogP contribution >= 0.6 is 0 Å². The van der Waals surface area contributed by atoms with Crippen LogP contribution in [0.5, 0.6) is 0 Å². The van der Waals surface area contributed by atoms with Crippen LogP contribution < -0.4 is 11.6 Å². The summed E-state index contributed by atoms with van der Waals surface area (Å²) >= 11 is 0. The van der Waals surface area contributed by atoms with Crippen LogP contribution in [-0.2, 0) is 4.79 Å². The summed E-state index contributed by atoms with van der Waals surface area (Å²) in [4.78, 5) is 11.0. The molecule has 0 bridgehead atoms. The maximum absolute atomic E-state index is 11.0. The van der Waals surface area contributed by atoms with Gasteiger partial charge in [-0.05, 0) is 6.92 Å². The van der Waals surface area contributed by atoms with Gasteiger partial charge in [0.05, 0.1) is 5.54 Å². The van der Waals surface area contributed by atoms with E-state index >= 15 is 0 Å². The van der Waals surface area contributed by atoms with Crippen LogP contribution in [0.4, 0.5) is 0 Å². The summed E-state index contributed by atoms with van der Waals surface area (Å²) in [6, 6.07) is 0. The van der Waals surface area contributed by atoms with E-state index in [2.05, 4.69) is 0 Å². The highest BCUT2D eigenvalue weighted by atomic mass is 16.3. The van der Waals surface area contributed by atoms with Gasteiger partial charge in [0.15, 0.2) is 0 Å². The molecule has 0 saturated carbocycles. The third-order valence-corrected chi connectivity index (χ3v) is 1.51. The normalized spacial score (nSPS) is 30.1. The molecule has 1 rings (SSSR count). The molecule has 0 aromatic rings. The second kappa shape index (κ2) is 2.62. The zero-order chi connectivity index (χ0) is 9.35. The first-order valence-electron chi connectivity index (χ1n) is 3.41. The molecule has 1 amide bonds. The monoisotopic (exact) mass is 169 g/mol. The van der Waals surface area contributed by atoms with Crippen LogP contribution in [-0.4, -0.2) is 21.6 Å². The highest BCUT2D eigenvalue weighted by Crippen LogP contribution is 2.12. The predicted molar refractivity (Wildman–Crippen MR) is 43.5 cm³/mol. The minimum absolute atomic E-state index is 0.338. The average Bonchev–Trinajstić information content (AvgIpc) is 2.03. The quantitative estimate of drug-likeness (QED) is 0.332. The van der Waals surface area contributed by atoms with E-state index in [1.807, 2.05) is 0 Å². The van der Waals surface area contributed by atoms with Gasteiger partial charge < -0.3 is 10.8 Å². The second-order valence-corrected chi connectivity index (χ2v) is 2.91. The number of amides is 1. The summed E-state index contributed by atoms with van der Waals surface area (Å²) < 4.78 is 0. The van der Waals surface area contributed by atoms with Gasteiger partial charge in [-0.15, -0.1) is 0 Å². The molecule has 1 atom stereocenters. The molecule has 5 N–H and O–H groups in total. The Hall–Kier alpha value is -1.33. The van der Waals surface area contributed by atoms with Crippen LogP contribution in [0.2, 0.25) is 0 Å². The molecule has 5 nitrogen and oxygen atoms in total. The van der Waals surface area contributed by atoms with E-state index in [-0.39, 0.29) is 5.88 Å². The summed E-state index contributed by atoms with van der Waals surface area (Å²) in [5.41, 5.74) is 4.80. The summed E-state index contributed by atoms with van der Waals surface area (Å²) in [6.45, 7) is 1.64. The van der Waals surface area contributed by atoms with E-state index in [4.69, 9.17) is 11.6 Å². The lowest BCUT2D eigenvalue weighted by Crippen LogP contribution is -2.36. The minimum Gasteiger partial charge on any atom is -0.494 e. The van der Waals surface area contributed by atoms with Crippen molar-refractivity contribution in [3.8, 4) is 0 Å². The first-order valence-corrected chi connectivity index (χ1v) is 3.41. The third-order valence-electron chi connectivity index (χ3n) is 1.51. The van der Waals surface area contributed by atoms with Gasteiger partial charge in [-0.25, -0.2) is 10.9 Å². The first kappa shape index (κ1) is 8.76. The lowest BCUT2D eigenvalue weighted by atomic mass is 10.0. The van der Waals surface area contributed by atoms with Crippen molar-refractivity contribution in [1.29, 1.82) is 0 Å². The third kappa shape index (κ3) is 1.63. The molecule has 1 unspecified atom stereocenters. The van der Waals surface area contributed by atoms with Crippen molar-refractivity contribution >= 4 is 5.91 Å². The Balaban J connectivity index is 3.07. The summed E-state index contributed by atoms with van der Waals surface area (Å²) in [5, 5.41) is 9.82. The van der Waals surface area contributed by atoms with E-state index < -0.39 is 11.4 Å². The number of nitrogens with zero attached hydrogens (tertiary/aromatic N) is 1. The number of rotatable bonds is 0. The number of aliphatic hydroxyl groups excluding tert-OH is 1. The van der Waals surface area contributed by atoms with E-state index in [1.54, 1.807) is 6.92 Å². The van der Waals surface area contributed by atoms with Crippen molar-refractivity contribution in [3.05, 3.63) is 24.1 Å². The molecule has 0 fully saturated rings. The SMILES string of the molecule is CC1(N)C=CC(=O)N(N)C(O)=C1. The van der Waals surface area contributed by atoms with Crippen LogP contribution in [0.1, 0.15) is 6.92 Å². The molecule has 0 saturated heterocycles. The Labute approximate surface area is 69.9 Å². The van der Waals surface area contributed by atoms with Gasteiger partial charge in [0.1, 0.15) is 0 Å². The Morgan fingerprint density at radius 3 is 2.83 bits per heavy atom. The zero-order valence-corrected chi connectivity index (χ0v) is 6.69. The van der Waals surface area contributed by atoms with Crippen molar-refractivity contribution in [2.24, 2.45) is 11.6 Å². The number of aliphatic hydroxyl groups is 1. The predicted octanol–water partition coefficient (Wildman–Crippen LogP) is -0.625. The molecule has 1 aliphatic heterocycles. The Morgan fingerprint density at radius 2 is 2.25 bits per heavy atom. The van der Waals surface area contributed by atoms with E-state index in [1.165, 1.54) is 18.2 Å². The molecule has 0 spiro atoms. The number of hydrogen-bond acceptors (Lipinski definition) is 4. The summed E-state index contributed by atoms with van der Waals surface area (Å²) in [6.07, 6.45) is 3.99. The smallest absolute Gasteiger partial charge is 0.267 e. The Kier molecular flexibility index (Phi) is 1.91. The van der Waals surface area contributed by atoms with Gasteiger partial charge in [0.25, 0.3) is 5.91 Å². The highest BCUT2D eigenvalue weighted by molar-refractivity contribution is 5.89. The fraction of sp³-hybridized carbons (Fsp3) is 0.286. The van der Waals surface area contributed by atoms with Gasteiger partial charge in [0, 0.05) is 12.2 Å². The second-order valence-electron chi connectivity index (χ2n) is 2.91. The molecular formula is C7H11N3O2. The topological polar surface area (TPSA) is 92.6 Å². The Bertz CT molecular complexity index is 268. The largest absolute Gasteiger partial charge is 0.494 e. The van der Waals surface area contributed by atoms with Crippen molar-refractivity contribution < 1.29 is 9.90 Å². The lowest BCUT2D eigenvalue weighted by Gasteiger charge is -2.15. The van der Waals surface area contributed by atoms with E-state index in [9.17, 15) is 9.90 Å². The maximum Gasteiger partial charge on any atom is 0.267 e. The van der Waals surface area contributed by atoms with Gasteiger partial charge in [-0.1, -0.05) is 6.08 Å². The average molecular weight is 169 g/mol. The maximum atomic E-state index is 11.0. The fourth-order valence-electron chi connectivity index (χ4n) is 0.840. The minimum atomic E-state index is -0.839. The molecule has 0 aliphatic carbocycles. The number of carbonyl (C=O) groups is 1. The number of carbonyl (C=O) groups excluding carboxylic acids is 1. The molecule has 0 aromatic carbocycles. The van der Waals surface area contributed by atoms with E-state index in [0.717, 1.165) is 0 Å². The number of hydrazine groups is 1. The van der Waals surface area contributed by atoms with Crippen LogP contribution in [0.25, 0.3) is 0 Å². The van der Waals surface area contributed by atoms with Gasteiger partial charge in [0.2, 0.25) is 5.88 Å². The van der Waals surface area contributed by atoms with Crippen molar-refractivity contribution in [2.45, 2.75) is 12.5 Å². The summed E-state index contributed by atoms with van der Waals surface area (Å²) in [7, 11) is 0. The van der Waals surface area contributed by atoms with Crippen LogP contribution in [0.3, 0.4) is 0 Å². The van der Waals surface area contributed by atoms with Crippen LogP contribution in [0.15, 0.2) is 24.1 Å². The van der Waals surface area contributed by atoms with Crippen LogP contribution in [0, 0.1) is 0 Å². The highest BCUT2D eigenvalue weighted by Gasteiger charge is 2.21. The number of hydrogen-bond donors (Lipinski definition) is 3. The fourth-order valence-corrected chi connectivity index (χ4v) is 0.840. The molecule has 0 aromatic heterocycles. The molecule has 1 aliphatic rings.